The second-order valence-corrected chi connectivity index (χ2v) is 7.04. The van der Waals surface area contributed by atoms with Gasteiger partial charge in [0.25, 0.3) is 0 Å². The summed E-state index contributed by atoms with van der Waals surface area (Å²) in [5.41, 5.74) is 2.57. The van der Waals surface area contributed by atoms with Crippen LogP contribution in [0, 0.1) is 5.41 Å². The van der Waals surface area contributed by atoms with Gasteiger partial charge in [0, 0.05) is 11.7 Å². The lowest BCUT2D eigenvalue weighted by Gasteiger charge is -2.45. The SMILES string of the molecule is C=C(CCCC/C=C\C)/N=C(NC1CCC1(C)C)\C(C)=C/C. The summed E-state index contributed by atoms with van der Waals surface area (Å²) in [5.74, 6) is 1.01. The quantitative estimate of drug-likeness (QED) is 0.261. The minimum atomic E-state index is 0.378. The maximum absolute atomic E-state index is 4.78. The number of unbranched alkanes of at least 4 members (excludes halogenated alkanes) is 2. The topological polar surface area (TPSA) is 24.4 Å². The van der Waals surface area contributed by atoms with Gasteiger partial charge in [0.05, 0.1) is 0 Å². The molecule has 0 saturated heterocycles. The highest BCUT2D eigenvalue weighted by molar-refractivity contribution is 5.98. The molecule has 0 aromatic carbocycles. The number of aliphatic imine (C=N–C) groups is 1. The standard InChI is InChI=1S/C20H34N2/c1-7-9-10-11-12-13-17(4)21-19(16(3)8-2)22-18-14-15-20(18,5)6/h7-9,18H,4,10-15H2,1-3,5-6H3,(H,21,22)/b9-7-,16-8-. The summed E-state index contributed by atoms with van der Waals surface area (Å²) in [6.07, 6.45) is 13.5. The minimum Gasteiger partial charge on any atom is -0.367 e. The summed E-state index contributed by atoms with van der Waals surface area (Å²) in [5, 5.41) is 3.65. The van der Waals surface area contributed by atoms with E-state index in [0.717, 1.165) is 30.8 Å². The predicted molar refractivity (Wildman–Crippen MR) is 99.2 cm³/mol. The van der Waals surface area contributed by atoms with Crippen LogP contribution in [0.25, 0.3) is 0 Å². The highest BCUT2D eigenvalue weighted by Crippen LogP contribution is 2.40. The molecule has 1 aliphatic rings. The van der Waals surface area contributed by atoms with Crippen LogP contribution in [0.2, 0.25) is 0 Å². The Bertz CT molecular complexity index is 452. The Morgan fingerprint density at radius 3 is 2.55 bits per heavy atom. The minimum absolute atomic E-state index is 0.378. The average molecular weight is 303 g/mol. The zero-order valence-electron chi connectivity index (χ0n) is 15.2. The van der Waals surface area contributed by atoms with Crippen LogP contribution in [0.1, 0.15) is 73.1 Å². The number of hydrogen-bond donors (Lipinski definition) is 1. The van der Waals surface area contributed by atoms with Crippen molar-refractivity contribution in [2.45, 2.75) is 79.2 Å². The third-order valence-electron chi connectivity index (χ3n) is 4.73. The molecule has 2 heteroatoms. The lowest BCUT2D eigenvalue weighted by Crippen LogP contribution is -2.52. The molecule has 1 atom stereocenters. The summed E-state index contributed by atoms with van der Waals surface area (Å²) >= 11 is 0. The van der Waals surface area contributed by atoms with E-state index in [4.69, 9.17) is 4.99 Å². The summed E-state index contributed by atoms with van der Waals surface area (Å²) in [7, 11) is 0. The molecular formula is C20H34N2. The molecule has 1 aliphatic carbocycles. The Morgan fingerprint density at radius 1 is 1.32 bits per heavy atom. The van der Waals surface area contributed by atoms with E-state index >= 15 is 0 Å². The lowest BCUT2D eigenvalue weighted by molar-refractivity contribution is 0.126. The van der Waals surface area contributed by atoms with Crippen molar-refractivity contribution in [1.82, 2.24) is 5.32 Å². The molecule has 0 aliphatic heterocycles. The van der Waals surface area contributed by atoms with Gasteiger partial charge in [0.15, 0.2) is 0 Å². The van der Waals surface area contributed by atoms with Crippen LogP contribution in [-0.2, 0) is 0 Å². The van der Waals surface area contributed by atoms with E-state index in [1.807, 2.05) is 0 Å². The Hall–Kier alpha value is -1.31. The molecule has 1 unspecified atom stereocenters. The molecule has 22 heavy (non-hydrogen) atoms. The van der Waals surface area contributed by atoms with Gasteiger partial charge < -0.3 is 5.32 Å². The van der Waals surface area contributed by atoms with Gasteiger partial charge in [-0.3, -0.25) is 0 Å². The van der Waals surface area contributed by atoms with Crippen LogP contribution in [0.4, 0.5) is 0 Å². The fourth-order valence-corrected chi connectivity index (χ4v) is 2.64. The fourth-order valence-electron chi connectivity index (χ4n) is 2.64. The van der Waals surface area contributed by atoms with Crippen LogP contribution in [0.15, 0.2) is 41.1 Å². The van der Waals surface area contributed by atoms with E-state index in [1.54, 1.807) is 0 Å². The van der Waals surface area contributed by atoms with Gasteiger partial charge in [0.1, 0.15) is 5.84 Å². The van der Waals surface area contributed by atoms with Gasteiger partial charge >= 0.3 is 0 Å². The van der Waals surface area contributed by atoms with Gasteiger partial charge in [-0.1, -0.05) is 38.7 Å². The first-order chi connectivity index (χ1) is 10.4. The second-order valence-electron chi connectivity index (χ2n) is 7.04. The highest BCUT2D eigenvalue weighted by Gasteiger charge is 2.38. The molecule has 0 aromatic rings. The molecule has 1 N–H and O–H groups in total. The molecule has 0 aromatic heterocycles. The van der Waals surface area contributed by atoms with Crippen LogP contribution in [-0.4, -0.2) is 11.9 Å². The monoisotopic (exact) mass is 302 g/mol. The van der Waals surface area contributed by atoms with Gasteiger partial charge in [-0.15, -0.1) is 0 Å². The van der Waals surface area contributed by atoms with E-state index in [-0.39, 0.29) is 0 Å². The number of hydrogen-bond acceptors (Lipinski definition) is 1. The molecule has 124 valence electrons. The molecule has 2 nitrogen and oxygen atoms in total. The largest absolute Gasteiger partial charge is 0.367 e. The van der Waals surface area contributed by atoms with Crippen molar-refractivity contribution in [2.24, 2.45) is 10.4 Å². The average Bonchev–Trinajstić information content (AvgIpc) is 2.49. The van der Waals surface area contributed by atoms with E-state index in [1.165, 1.54) is 24.8 Å². The Balaban J connectivity index is 2.57. The molecule has 0 spiro atoms. The van der Waals surface area contributed by atoms with Crippen molar-refractivity contribution in [3.8, 4) is 0 Å². The predicted octanol–water partition coefficient (Wildman–Crippen LogP) is 5.78. The van der Waals surface area contributed by atoms with Crippen LogP contribution in [0.3, 0.4) is 0 Å². The van der Waals surface area contributed by atoms with Crippen LogP contribution >= 0.6 is 0 Å². The summed E-state index contributed by atoms with van der Waals surface area (Å²) < 4.78 is 0. The number of rotatable bonds is 8. The number of allylic oxidation sites excluding steroid dienone is 4. The van der Waals surface area contributed by atoms with Crippen molar-refractivity contribution in [2.75, 3.05) is 0 Å². The maximum Gasteiger partial charge on any atom is 0.129 e. The summed E-state index contributed by atoms with van der Waals surface area (Å²) in [6.45, 7) is 15.1. The summed E-state index contributed by atoms with van der Waals surface area (Å²) in [4.78, 5) is 4.78. The number of nitrogens with zero attached hydrogens (tertiary/aromatic N) is 1. The molecular weight excluding hydrogens is 268 g/mol. The molecule has 1 fully saturated rings. The first-order valence-corrected chi connectivity index (χ1v) is 8.68. The van der Waals surface area contributed by atoms with Gasteiger partial charge in [-0.2, -0.15) is 0 Å². The Kier molecular flexibility index (Phi) is 7.64. The van der Waals surface area contributed by atoms with E-state index in [9.17, 15) is 0 Å². The third kappa shape index (κ3) is 5.82. The third-order valence-corrected chi connectivity index (χ3v) is 4.73. The Labute approximate surface area is 137 Å². The van der Waals surface area contributed by atoms with Crippen molar-refractivity contribution in [3.63, 3.8) is 0 Å². The zero-order valence-corrected chi connectivity index (χ0v) is 15.2. The van der Waals surface area contributed by atoms with Crippen molar-refractivity contribution >= 4 is 5.84 Å². The second kappa shape index (κ2) is 8.97. The summed E-state index contributed by atoms with van der Waals surface area (Å²) in [6, 6.07) is 0.531. The van der Waals surface area contributed by atoms with Crippen LogP contribution in [0.5, 0.6) is 0 Å². The smallest absolute Gasteiger partial charge is 0.129 e. The lowest BCUT2D eigenvalue weighted by atomic mass is 9.67. The molecule has 1 saturated carbocycles. The molecule has 0 bridgehead atoms. The zero-order chi connectivity index (χ0) is 16.6. The first-order valence-electron chi connectivity index (χ1n) is 8.68. The number of nitrogens with one attached hydrogen (secondary N) is 1. The normalized spacial score (nSPS) is 21.8. The van der Waals surface area contributed by atoms with Crippen LogP contribution < -0.4 is 5.32 Å². The Morgan fingerprint density at radius 2 is 2.05 bits per heavy atom. The molecule has 1 rings (SSSR count). The highest BCUT2D eigenvalue weighted by atomic mass is 15.0. The van der Waals surface area contributed by atoms with Gasteiger partial charge in [0.2, 0.25) is 0 Å². The maximum atomic E-state index is 4.78. The van der Waals surface area contributed by atoms with E-state index in [2.05, 4.69) is 64.7 Å². The van der Waals surface area contributed by atoms with Gasteiger partial charge in [-0.05, 0) is 70.3 Å². The van der Waals surface area contributed by atoms with E-state index in [0.29, 0.717) is 11.5 Å². The molecule has 0 heterocycles. The van der Waals surface area contributed by atoms with Gasteiger partial charge in [-0.25, -0.2) is 4.99 Å². The first kappa shape index (κ1) is 18.7. The number of amidine groups is 1. The van der Waals surface area contributed by atoms with Crippen molar-refractivity contribution in [3.05, 3.63) is 36.1 Å². The molecule has 0 radical (unpaired) electrons. The molecule has 0 amide bonds. The van der Waals surface area contributed by atoms with Crippen molar-refractivity contribution in [1.29, 1.82) is 0 Å². The van der Waals surface area contributed by atoms with E-state index < -0.39 is 0 Å². The van der Waals surface area contributed by atoms with Crippen molar-refractivity contribution < 1.29 is 0 Å². The fraction of sp³-hybridized carbons (Fsp3) is 0.650.